The van der Waals surface area contributed by atoms with Crippen LogP contribution in [0, 0.1) is 0 Å². The Hall–Kier alpha value is -1.84. The van der Waals surface area contributed by atoms with Crippen LogP contribution in [0.3, 0.4) is 0 Å². The van der Waals surface area contributed by atoms with Crippen molar-refractivity contribution in [2.24, 2.45) is 0 Å². The zero-order chi connectivity index (χ0) is 13.1. The number of hydrogen-bond donors (Lipinski definition) is 1. The fourth-order valence-corrected chi connectivity index (χ4v) is 1.45. The van der Waals surface area contributed by atoms with Gasteiger partial charge in [0.05, 0.1) is 11.3 Å². The molecule has 0 aliphatic rings. The summed E-state index contributed by atoms with van der Waals surface area (Å²) < 4.78 is 5.27. The highest BCUT2D eigenvalue weighted by atomic mass is 16.6. The van der Waals surface area contributed by atoms with Crippen molar-refractivity contribution >= 4 is 17.9 Å². The number of hydrogen-bond acceptors (Lipinski definition) is 4. The number of carbonyl (C=O) groups is 2. The van der Waals surface area contributed by atoms with Crippen molar-refractivity contribution in [2.75, 3.05) is 12.4 Å². The van der Waals surface area contributed by atoms with Crippen molar-refractivity contribution in [1.29, 1.82) is 0 Å². The SMILES string of the molecule is CNc1c(C=O)cccc1C(=O)OC(C)(C)C. The number of esters is 1. The summed E-state index contributed by atoms with van der Waals surface area (Å²) in [5.41, 5.74) is 0.749. The molecule has 1 rings (SSSR count). The van der Waals surface area contributed by atoms with Crippen molar-refractivity contribution < 1.29 is 14.3 Å². The van der Waals surface area contributed by atoms with Crippen LogP contribution in [-0.2, 0) is 4.74 Å². The van der Waals surface area contributed by atoms with Gasteiger partial charge in [0.2, 0.25) is 0 Å². The Bertz CT molecular complexity index is 433. The lowest BCUT2D eigenvalue weighted by molar-refractivity contribution is 0.00707. The molecule has 0 aliphatic carbocycles. The lowest BCUT2D eigenvalue weighted by atomic mass is 10.1. The summed E-state index contributed by atoms with van der Waals surface area (Å²) in [4.78, 5) is 22.8. The number of benzene rings is 1. The largest absolute Gasteiger partial charge is 0.456 e. The average molecular weight is 235 g/mol. The molecule has 0 amide bonds. The van der Waals surface area contributed by atoms with Crippen LogP contribution in [0.2, 0.25) is 0 Å². The van der Waals surface area contributed by atoms with E-state index in [1.807, 2.05) is 0 Å². The maximum absolute atomic E-state index is 11.9. The topological polar surface area (TPSA) is 55.4 Å². The minimum Gasteiger partial charge on any atom is -0.456 e. The first-order valence-electron chi connectivity index (χ1n) is 5.38. The molecule has 0 heterocycles. The first-order chi connectivity index (χ1) is 7.89. The monoisotopic (exact) mass is 235 g/mol. The lowest BCUT2D eigenvalue weighted by Crippen LogP contribution is -2.24. The Balaban J connectivity index is 3.13. The van der Waals surface area contributed by atoms with E-state index in [0.29, 0.717) is 23.1 Å². The van der Waals surface area contributed by atoms with Gasteiger partial charge in [0.1, 0.15) is 5.60 Å². The van der Waals surface area contributed by atoms with Gasteiger partial charge in [-0.2, -0.15) is 0 Å². The predicted octanol–water partition coefficient (Wildman–Crippen LogP) is 2.50. The zero-order valence-electron chi connectivity index (χ0n) is 10.5. The molecule has 0 saturated heterocycles. The van der Waals surface area contributed by atoms with E-state index in [4.69, 9.17) is 4.74 Å². The second kappa shape index (κ2) is 4.99. The number of carbonyl (C=O) groups excluding carboxylic acids is 2. The molecular formula is C13H17NO3. The summed E-state index contributed by atoms with van der Waals surface area (Å²) in [6, 6.07) is 4.93. The summed E-state index contributed by atoms with van der Waals surface area (Å²) >= 11 is 0. The van der Waals surface area contributed by atoms with Gasteiger partial charge in [0.15, 0.2) is 6.29 Å². The third-order valence-electron chi connectivity index (χ3n) is 2.09. The number of rotatable bonds is 3. The van der Waals surface area contributed by atoms with Crippen LogP contribution in [0.15, 0.2) is 18.2 Å². The third-order valence-corrected chi connectivity index (χ3v) is 2.09. The maximum atomic E-state index is 11.9. The van der Waals surface area contributed by atoms with Gasteiger partial charge in [-0.15, -0.1) is 0 Å². The molecule has 0 spiro atoms. The Morgan fingerprint density at radius 1 is 1.35 bits per heavy atom. The van der Waals surface area contributed by atoms with Crippen molar-refractivity contribution in [3.8, 4) is 0 Å². The molecule has 0 radical (unpaired) electrons. The van der Waals surface area contributed by atoms with Crippen molar-refractivity contribution in [3.63, 3.8) is 0 Å². The van der Waals surface area contributed by atoms with E-state index in [0.717, 1.165) is 0 Å². The van der Waals surface area contributed by atoms with Crippen LogP contribution in [0.25, 0.3) is 0 Å². The number of para-hydroxylation sites is 1. The standard InChI is InChI=1S/C13H17NO3/c1-13(2,3)17-12(16)10-7-5-6-9(8-15)11(10)14-4/h5-8,14H,1-4H3. The molecule has 92 valence electrons. The van der Waals surface area contributed by atoms with Gasteiger partial charge in [0, 0.05) is 12.6 Å². The number of nitrogens with one attached hydrogen (secondary N) is 1. The summed E-state index contributed by atoms with van der Waals surface area (Å²) in [5.74, 6) is -0.439. The van der Waals surface area contributed by atoms with Crippen LogP contribution in [0.1, 0.15) is 41.5 Å². The van der Waals surface area contributed by atoms with Gasteiger partial charge in [-0.1, -0.05) is 6.07 Å². The zero-order valence-corrected chi connectivity index (χ0v) is 10.5. The molecule has 1 N–H and O–H groups in total. The van der Waals surface area contributed by atoms with Gasteiger partial charge in [-0.25, -0.2) is 4.79 Å². The molecule has 0 aliphatic heterocycles. The fraction of sp³-hybridized carbons (Fsp3) is 0.385. The van der Waals surface area contributed by atoms with Crippen LogP contribution in [0.4, 0.5) is 5.69 Å². The van der Waals surface area contributed by atoms with Crippen molar-refractivity contribution in [2.45, 2.75) is 26.4 Å². The molecule has 4 heteroatoms. The van der Waals surface area contributed by atoms with E-state index in [1.165, 1.54) is 0 Å². The number of anilines is 1. The second-order valence-electron chi connectivity index (χ2n) is 4.64. The fourth-order valence-electron chi connectivity index (χ4n) is 1.45. The summed E-state index contributed by atoms with van der Waals surface area (Å²) in [6.07, 6.45) is 0.708. The smallest absolute Gasteiger partial charge is 0.340 e. The van der Waals surface area contributed by atoms with Gasteiger partial charge < -0.3 is 10.1 Å². The quantitative estimate of drug-likeness (QED) is 0.646. The molecule has 1 aromatic carbocycles. The summed E-state index contributed by atoms with van der Waals surface area (Å²) in [6.45, 7) is 5.40. The van der Waals surface area contributed by atoms with E-state index in [2.05, 4.69) is 5.32 Å². The minimum atomic E-state index is -0.556. The highest BCUT2D eigenvalue weighted by molar-refractivity contribution is 6.00. The predicted molar refractivity (Wildman–Crippen MR) is 66.5 cm³/mol. The van der Waals surface area contributed by atoms with Crippen LogP contribution >= 0.6 is 0 Å². The first-order valence-corrected chi connectivity index (χ1v) is 5.38. The third kappa shape index (κ3) is 3.31. The molecule has 0 saturated carbocycles. The second-order valence-corrected chi connectivity index (χ2v) is 4.64. The first kappa shape index (κ1) is 13.2. The number of aldehydes is 1. The molecule has 4 nitrogen and oxygen atoms in total. The normalized spacial score (nSPS) is 10.8. The molecule has 17 heavy (non-hydrogen) atoms. The molecule has 0 atom stereocenters. The van der Waals surface area contributed by atoms with Gasteiger partial charge in [0.25, 0.3) is 0 Å². The Kier molecular flexibility index (Phi) is 3.89. The van der Waals surface area contributed by atoms with Crippen LogP contribution in [-0.4, -0.2) is 24.9 Å². The Labute approximate surface area is 101 Å². The molecule has 1 aromatic rings. The summed E-state index contributed by atoms with van der Waals surface area (Å²) in [7, 11) is 1.66. The lowest BCUT2D eigenvalue weighted by Gasteiger charge is -2.20. The van der Waals surface area contributed by atoms with Crippen LogP contribution < -0.4 is 5.32 Å². The number of ether oxygens (including phenoxy) is 1. The average Bonchev–Trinajstić information content (AvgIpc) is 2.25. The molecule has 0 bridgehead atoms. The molecule has 0 fully saturated rings. The molecular weight excluding hydrogens is 218 g/mol. The van der Waals surface area contributed by atoms with E-state index < -0.39 is 11.6 Å². The van der Waals surface area contributed by atoms with E-state index in [-0.39, 0.29) is 0 Å². The van der Waals surface area contributed by atoms with Crippen molar-refractivity contribution in [1.82, 2.24) is 0 Å². The molecule has 0 unspecified atom stereocenters. The summed E-state index contributed by atoms with van der Waals surface area (Å²) in [5, 5.41) is 2.85. The Morgan fingerprint density at radius 2 is 2.00 bits per heavy atom. The highest BCUT2D eigenvalue weighted by Gasteiger charge is 2.21. The van der Waals surface area contributed by atoms with Gasteiger partial charge in [-0.3, -0.25) is 4.79 Å². The Morgan fingerprint density at radius 3 is 2.47 bits per heavy atom. The minimum absolute atomic E-state index is 0.368. The maximum Gasteiger partial charge on any atom is 0.340 e. The van der Waals surface area contributed by atoms with Crippen molar-refractivity contribution in [3.05, 3.63) is 29.3 Å². The van der Waals surface area contributed by atoms with E-state index in [1.54, 1.807) is 46.0 Å². The van der Waals surface area contributed by atoms with Crippen LogP contribution in [0.5, 0.6) is 0 Å². The van der Waals surface area contributed by atoms with Gasteiger partial charge in [-0.05, 0) is 32.9 Å². The van der Waals surface area contributed by atoms with E-state index in [9.17, 15) is 9.59 Å². The molecule has 0 aromatic heterocycles. The highest BCUT2D eigenvalue weighted by Crippen LogP contribution is 2.22. The van der Waals surface area contributed by atoms with E-state index >= 15 is 0 Å². The van der Waals surface area contributed by atoms with Gasteiger partial charge >= 0.3 is 5.97 Å².